The average molecular weight is 307 g/mol. The van der Waals surface area contributed by atoms with Crippen LogP contribution in [0.15, 0.2) is 24.4 Å². The lowest BCUT2D eigenvalue weighted by molar-refractivity contribution is -0.126. The van der Waals surface area contributed by atoms with E-state index in [4.69, 9.17) is 9.47 Å². The summed E-state index contributed by atoms with van der Waals surface area (Å²) in [5.41, 5.74) is 8.62. The van der Waals surface area contributed by atoms with Gasteiger partial charge >= 0.3 is 0 Å². The van der Waals surface area contributed by atoms with Crippen LogP contribution in [-0.4, -0.2) is 48.3 Å². The normalized spacial score (nSPS) is 31.7. The van der Waals surface area contributed by atoms with Crippen LogP contribution in [-0.2, 0) is 9.53 Å². The topological polar surface area (TPSA) is 96.5 Å². The van der Waals surface area contributed by atoms with Gasteiger partial charge in [-0.1, -0.05) is 6.07 Å². The molecule has 3 rings (SSSR count). The van der Waals surface area contributed by atoms with Crippen LogP contribution in [0.4, 0.5) is 0 Å². The van der Waals surface area contributed by atoms with E-state index in [9.17, 15) is 4.79 Å². The number of carbonyl (C=O) groups excluding carboxylic acids is 1. The standard InChI is InChI=1S/C14H21N5O3/c1-9-13(18-19-17-9)14(20)16-10-5-7-21-8-11(10)22-12-4-2-3-6-15-12/h2-4,6,9-11,13,17-19H,5,7-8H2,1H3,(H,16,20)/t9?,10-,11-,13?/m1/s1. The third kappa shape index (κ3) is 3.53. The van der Waals surface area contributed by atoms with Crippen LogP contribution >= 0.6 is 0 Å². The number of aromatic nitrogens is 1. The van der Waals surface area contributed by atoms with Gasteiger partial charge in [0.25, 0.3) is 0 Å². The van der Waals surface area contributed by atoms with Gasteiger partial charge in [-0.3, -0.25) is 4.79 Å². The number of rotatable bonds is 4. The molecule has 8 nitrogen and oxygen atoms in total. The second-order valence-electron chi connectivity index (χ2n) is 5.48. The lowest BCUT2D eigenvalue weighted by Crippen LogP contribution is -2.56. The van der Waals surface area contributed by atoms with Crippen molar-refractivity contribution in [3.8, 4) is 5.88 Å². The number of nitrogens with one attached hydrogen (secondary N) is 4. The molecule has 22 heavy (non-hydrogen) atoms. The van der Waals surface area contributed by atoms with Crippen LogP contribution in [0.25, 0.3) is 0 Å². The van der Waals surface area contributed by atoms with Gasteiger partial charge in [-0.15, -0.1) is 0 Å². The van der Waals surface area contributed by atoms with E-state index in [1.807, 2.05) is 19.1 Å². The zero-order chi connectivity index (χ0) is 15.4. The predicted octanol–water partition coefficient (Wildman–Crippen LogP) is -0.896. The fourth-order valence-corrected chi connectivity index (χ4v) is 2.57. The Labute approximate surface area is 128 Å². The van der Waals surface area contributed by atoms with Crippen LogP contribution < -0.4 is 26.4 Å². The molecule has 2 aliphatic rings. The van der Waals surface area contributed by atoms with Gasteiger partial charge in [0.05, 0.1) is 12.6 Å². The third-order valence-corrected chi connectivity index (χ3v) is 3.85. The molecule has 1 aromatic rings. The highest BCUT2D eigenvalue weighted by molar-refractivity contribution is 5.83. The Morgan fingerprint density at radius 2 is 2.36 bits per heavy atom. The molecule has 1 aromatic heterocycles. The first-order valence-corrected chi connectivity index (χ1v) is 7.46. The highest BCUT2D eigenvalue weighted by Gasteiger charge is 2.34. The summed E-state index contributed by atoms with van der Waals surface area (Å²) in [6.07, 6.45) is 2.14. The number of ether oxygens (including phenoxy) is 2. The molecule has 2 unspecified atom stereocenters. The number of nitrogens with zero attached hydrogens (tertiary/aromatic N) is 1. The Morgan fingerprint density at radius 1 is 1.45 bits per heavy atom. The maximum atomic E-state index is 12.4. The van der Waals surface area contributed by atoms with Crippen LogP contribution in [0, 0.1) is 0 Å². The molecule has 0 saturated carbocycles. The van der Waals surface area contributed by atoms with Gasteiger partial charge in [-0.2, -0.15) is 5.53 Å². The first kappa shape index (κ1) is 15.2. The molecular formula is C14H21N5O3. The lowest BCUT2D eigenvalue weighted by Gasteiger charge is -2.32. The highest BCUT2D eigenvalue weighted by Crippen LogP contribution is 2.15. The molecule has 8 heteroatoms. The SMILES string of the molecule is CC1NNNC1C(=O)N[C@@H]1CCOC[C@H]1Oc1ccccn1. The maximum Gasteiger partial charge on any atom is 0.240 e. The lowest BCUT2D eigenvalue weighted by atomic mass is 10.0. The Kier molecular flexibility index (Phi) is 4.84. The largest absolute Gasteiger partial charge is 0.470 e. The van der Waals surface area contributed by atoms with Gasteiger partial charge < -0.3 is 14.8 Å². The summed E-state index contributed by atoms with van der Waals surface area (Å²) in [5.74, 6) is 0.472. The molecule has 3 heterocycles. The van der Waals surface area contributed by atoms with E-state index >= 15 is 0 Å². The van der Waals surface area contributed by atoms with Crippen molar-refractivity contribution in [1.29, 1.82) is 0 Å². The number of pyridine rings is 1. The molecule has 2 saturated heterocycles. The Balaban J connectivity index is 1.61. The third-order valence-electron chi connectivity index (χ3n) is 3.85. The molecule has 0 aliphatic carbocycles. The minimum absolute atomic E-state index is 0.00926. The second-order valence-corrected chi connectivity index (χ2v) is 5.48. The van der Waals surface area contributed by atoms with Crippen molar-refractivity contribution in [2.24, 2.45) is 0 Å². The van der Waals surface area contributed by atoms with E-state index < -0.39 is 0 Å². The molecule has 120 valence electrons. The van der Waals surface area contributed by atoms with Crippen LogP contribution in [0.3, 0.4) is 0 Å². The van der Waals surface area contributed by atoms with Crippen molar-refractivity contribution >= 4 is 5.91 Å². The number of hydrogen-bond acceptors (Lipinski definition) is 7. The summed E-state index contributed by atoms with van der Waals surface area (Å²) in [6.45, 7) is 2.98. The van der Waals surface area contributed by atoms with E-state index in [-0.39, 0.29) is 30.1 Å². The summed E-state index contributed by atoms with van der Waals surface area (Å²) >= 11 is 0. The number of amides is 1. The zero-order valence-corrected chi connectivity index (χ0v) is 12.4. The van der Waals surface area contributed by atoms with Crippen molar-refractivity contribution in [2.45, 2.75) is 37.6 Å². The van der Waals surface area contributed by atoms with Crippen molar-refractivity contribution in [1.82, 2.24) is 26.7 Å². The minimum Gasteiger partial charge on any atom is -0.470 e. The van der Waals surface area contributed by atoms with Crippen LogP contribution in [0.5, 0.6) is 5.88 Å². The smallest absolute Gasteiger partial charge is 0.240 e. The average Bonchev–Trinajstić information content (AvgIpc) is 2.96. The zero-order valence-electron chi connectivity index (χ0n) is 12.4. The summed E-state index contributed by atoms with van der Waals surface area (Å²) in [6, 6.07) is 5.07. The van der Waals surface area contributed by atoms with Gasteiger partial charge in [0.15, 0.2) is 0 Å². The van der Waals surface area contributed by atoms with E-state index in [1.165, 1.54) is 0 Å². The van der Waals surface area contributed by atoms with E-state index in [0.29, 0.717) is 25.5 Å². The van der Waals surface area contributed by atoms with Crippen molar-refractivity contribution < 1.29 is 14.3 Å². The second kappa shape index (κ2) is 7.01. The minimum atomic E-state index is -0.321. The van der Waals surface area contributed by atoms with Crippen molar-refractivity contribution in [3.63, 3.8) is 0 Å². The molecule has 0 aromatic carbocycles. The molecule has 1 amide bonds. The van der Waals surface area contributed by atoms with E-state index in [0.717, 1.165) is 0 Å². The van der Waals surface area contributed by atoms with Gasteiger partial charge in [-0.25, -0.2) is 15.8 Å². The number of hydrazine groups is 2. The summed E-state index contributed by atoms with van der Waals surface area (Å²) in [5, 5.41) is 3.05. The fraction of sp³-hybridized carbons (Fsp3) is 0.571. The van der Waals surface area contributed by atoms with Crippen LogP contribution in [0.2, 0.25) is 0 Å². The summed E-state index contributed by atoms with van der Waals surface area (Å²) in [4.78, 5) is 16.5. The van der Waals surface area contributed by atoms with E-state index in [1.54, 1.807) is 12.3 Å². The van der Waals surface area contributed by atoms with Gasteiger partial charge in [0, 0.05) is 24.9 Å². The first-order valence-electron chi connectivity index (χ1n) is 7.46. The van der Waals surface area contributed by atoms with Gasteiger partial charge in [0.1, 0.15) is 12.1 Å². The first-order chi connectivity index (χ1) is 10.7. The van der Waals surface area contributed by atoms with Crippen molar-refractivity contribution in [3.05, 3.63) is 24.4 Å². The molecule has 0 bridgehead atoms. The Hall–Kier alpha value is -1.74. The summed E-state index contributed by atoms with van der Waals surface area (Å²) < 4.78 is 11.3. The monoisotopic (exact) mass is 307 g/mol. The molecule has 0 spiro atoms. The highest BCUT2D eigenvalue weighted by atomic mass is 16.5. The molecule has 4 atom stereocenters. The molecule has 2 fully saturated rings. The van der Waals surface area contributed by atoms with Gasteiger partial charge in [0.2, 0.25) is 11.8 Å². The van der Waals surface area contributed by atoms with E-state index in [2.05, 4.69) is 26.7 Å². The molecule has 0 radical (unpaired) electrons. The molecule has 2 aliphatic heterocycles. The quantitative estimate of drug-likeness (QED) is 0.573. The number of carbonyl (C=O) groups is 1. The molecule has 4 N–H and O–H groups in total. The molecular weight excluding hydrogens is 286 g/mol. The maximum absolute atomic E-state index is 12.4. The van der Waals surface area contributed by atoms with Gasteiger partial charge in [-0.05, 0) is 19.4 Å². The van der Waals surface area contributed by atoms with Crippen LogP contribution in [0.1, 0.15) is 13.3 Å². The predicted molar refractivity (Wildman–Crippen MR) is 78.7 cm³/mol. The Bertz CT molecular complexity index is 501. The number of hydrogen-bond donors (Lipinski definition) is 4. The Morgan fingerprint density at radius 3 is 3.09 bits per heavy atom. The fourth-order valence-electron chi connectivity index (χ4n) is 2.57. The summed E-state index contributed by atoms with van der Waals surface area (Å²) in [7, 11) is 0. The van der Waals surface area contributed by atoms with Crippen molar-refractivity contribution in [2.75, 3.05) is 13.2 Å².